The molecule has 0 bridgehead atoms. The van der Waals surface area contributed by atoms with E-state index in [2.05, 4.69) is 20.0 Å². The number of benzene rings is 5. The summed E-state index contributed by atoms with van der Waals surface area (Å²) in [5, 5.41) is 21.1. The van der Waals surface area contributed by atoms with E-state index in [1.165, 1.54) is 0 Å². The second-order valence-electron chi connectivity index (χ2n) is 9.56. The molecule has 0 aliphatic heterocycles. The van der Waals surface area contributed by atoms with Crippen LogP contribution in [0.1, 0.15) is 11.1 Å². The van der Waals surface area contributed by atoms with Crippen molar-refractivity contribution >= 4 is 46.0 Å². The Morgan fingerprint density at radius 2 is 0.952 bits per heavy atom. The smallest absolute Gasteiger partial charge is 0.231 e. The minimum absolute atomic E-state index is 0.0377. The van der Waals surface area contributed by atoms with Crippen LogP contribution in [0.25, 0.3) is 45.1 Å². The Hall–Kier alpha value is -6.02. The minimum atomic E-state index is 0.0377. The highest BCUT2D eigenvalue weighted by Gasteiger charge is 2.13. The van der Waals surface area contributed by atoms with Gasteiger partial charge in [-0.25, -0.2) is 9.97 Å². The standard InChI is InChI=1S/C34H22N4O4/c39-29-17-23(13-15-25(29)33-37-27-5-1-3-7-31(27)41-33)35-19-21-9-11-22(12-10-21)20-36-24-14-16-26(30(40)18-24)34-38-28-6-2-4-8-32(28)42-34/h1-20,39-40H. The molecule has 5 aromatic carbocycles. The van der Waals surface area contributed by atoms with Crippen molar-refractivity contribution in [3.05, 3.63) is 120 Å². The van der Waals surface area contributed by atoms with Crippen molar-refractivity contribution in [2.45, 2.75) is 0 Å². The molecular formula is C34H22N4O4. The molecule has 0 unspecified atom stereocenters. The Labute approximate surface area is 239 Å². The van der Waals surface area contributed by atoms with E-state index in [4.69, 9.17) is 8.83 Å². The van der Waals surface area contributed by atoms with Gasteiger partial charge in [-0.3, -0.25) is 9.98 Å². The molecule has 0 aliphatic rings. The molecule has 0 saturated carbocycles. The molecule has 0 atom stereocenters. The van der Waals surface area contributed by atoms with Crippen molar-refractivity contribution in [2.75, 3.05) is 0 Å². The number of fused-ring (bicyclic) bond motifs is 2. The van der Waals surface area contributed by atoms with E-state index in [-0.39, 0.29) is 11.5 Å². The summed E-state index contributed by atoms with van der Waals surface area (Å²) in [5.41, 5.74) is 6.75. The maximum atomic E-state index is 10.6. The molecule has 2 N–H and O–H groups in total. The maximum absolute atomic E-state index is 10.6. The lowest BCUT2D eigenvalue weighted by atomic mass is 10.1. The van der Waals surface area contributed by atoms with Crippen molar-refractivity contribution in [3.63, 3.8) is 0 Å². The molecule has 0 spiro atoms. The molecule has 0 fully saturated rings. The highest BCUT2D eigenvalue weighted by atomic mass is 16.4. The normalized spacial score (nSPS) is 11.8. The summed E-state index contributed by atoms with van der Waals surface area (Å²) < 4.78 is 11.5. The molecule has 42 heavy (non-hydrogen) atoms. The van der Waals surface area contributed by atoms with Gasteiger partial charge in [0.15, 0.2) is 11.2 Å². The lowest BCUT2D eigenvalue weighted by Gasteiger charge is -2.02. The number of aliphatic imine (C=N–C) groups is 2. The quantitative estimate of drug-likeness (QED) is 0.202. The van der Waals surface area contributed by atoms with E-state index < -0.39 is 0 Å². The second kappa shape index (κ2) is 10.5. The third kappa shape index (κ3) is 5.00. The molecule has 8 heteroatoms. The average Bonchev–Trinajstić information content (AvgIpc) is 3.64. The van der Waals surface area contributed by atoms with Gasteiger partial charge in [0.25, 0.3) is 0 Å². The summed E-state index contributed by atoms with van der Waals surface area (Å²) >= 11 is 0. The number of para-hydroxylation sites is 4. The first-order chi connectivity index (χ1) is 20.6. The summed E-state index contributed by atoms with van der Waals surface area (Å²) in [6.45, 7) is 0. The maximum Gasteiger partial charge on any atom is 0.231 e. The van der Waals surface area contributed by atoms with Crippen LogP contribution in [0.2, 0.25) is 0 Å². The Morgan fingerprint density at radius 1 is 0.524 bits per heavy atom. The molecule has 0 saturated heterocycles. The monoisotopic (exact) mass is 550 g/mol. The zero-order chi connectivity index (χ0) is 28.5. The van der Waals surface area contributed by atoms with Gasteiger partial charge in [-0.2, -0.15) is 0 Å². The third-order valence-electron chi connectivity index (χ3n) is 6.67. The number of aromatic hydroxyl groups is 2. The average molecular weight is 551 g/mol. The van der Waals surface area contributed by atoms with Gasteiger partial charge in [-0.05, 0) is 59.7 Å². The van der Waals surface area contributed by atoms with Gasteiger partial charge in [0.2, 0.25) is 11.8 Å². The Morgan fingerprint density at radius 3 is 1.36 bits per heavy atom. The molecule has 0 radical (unpaired) electrons. The van der Waals surface area contributed by atoms with Gasteiger partial charge >= 0.3 is 0 Å². The predicted octanol–water partition coefficient (Wildman–Crippen LogP) is 8.22. The summed E-state index contributed by atoms with van der Waals surface area (Å²) in [6, 6.07) is 32.8. The van der Waals surface area contributed by atoms with Crippen LogP contribution in [-0.4, -0.2) is 32.6 Å². The summed E-state index contributed by atoms with van der Waals surface area (Å²) in [7, 11) is 0. The van der Waals surface area contributed by atoms with E-state index in [9.17, 15) is 10.2 Å². The zero-order valence-electron chi connectivity index (χ0n) is 22.0. The highest BCUT2D eigenvalue weighted by Crippen LogP contribution is 2.35. The fourth-order valence-electron chi connectivity index (χ4n) is 4.50. The second-order valence-corrected chi connectivity index (χ2v) is 9.56. The first-order valence-corrected chi connectivity index (χ1v) is 13.2. The van der Waals surface area contributed by atoms with Crippen molar-refractivity contribution in [1.82, 2.24) is 9.97 Å². The SMILES string of the molecule is Oc1cc(N=Cc2ccc(C=Nc3ccc(-c4nc5ccccc5o4)c(O)c3)cc2)ccc1-c1nc2ccccc2o1. The summed E-state index contributed by atoms with van der Waals surface area (Å²) in [6.07, 6.45) is 3.44. The van der Waals surface area contributed by atoms with Crippen molar-refractivity contribution in [2.24, 2.45) is 9.98 Å². The van der Waals surface area contributed by atoms with Crippen LogP contribution in [0.5, 0.6) is 11.5 Å². The van der Waals surface area contributed by atoms with Gasteiger partial charge in [0.1, 0.15) is 22.5 Å². The van der Waals surface area contributed by atoms with Gasteiger partial charge < -0.3 is 19.0 Å². The fraction of sp³-hybridized carbons (Fsp3) is 0. The van der Waals surface area contributed by atoms with Crippen LogP contribution in [0.4, 0.5) is 11.4 Å². The molecule has 202 valence electrons. The largest absolute Gasteiger partial charge is 0.507 e. The number of rotatable bonds is 6. The first-order valence-electron chi connectivity index (χ1n) is 13.2. The van der Waals surface area contributed by atoms with Crippen LogP contribution in [0, 0.1) is 0 Å². The minimum Gasteiger partial charge on any atom is -0.507 e. The summed E-state index contributed by atoms with van der Waals surface area (Å²) in [5.74, 6) is 0.790. The van der Waals surface area contributed by atoms with E-state index in [0.29, 0.717) is 45.4 Å². The number of nitrogens with zero attached hydrogens (tertiary/aromatic N) is 4. The van der Waals surface area contributed by atoms with Crippen molar-refractivity contribution in [1.29, 1.82) is 0 Å². The van der Waals surface area contributed by atoms with E-state index >= 15 is 0 Å². The van der Waals surface area contributed by atoms with Crippen LogP contribution in [-0.2, 0) is 0 Å². The molecule has 2 heterocycles. The van der Waals surface area contributed by atoms with Crippen LogP contribution < -0.4 is 0 Å². The molecule has 7 aromatic rings. The highest BCUT2D eigenvalue weighted by molar-refractivity contribution is 5.87. The number of aromatic nitrogens is 2. The molecule has 2 aromatic heterocycles. The lowest BCUT2D eigenvalue weighted by Crippen LogP contribution is -1.85. The Kier molecular flexibility index (Phi) is 6.25. The number of hydrogen-bond acceptors (Lipinski definition) is 8. The van der Waals surface area contributed by atoms with Gasteiger partial charge in [-0.15, -0.1) is 0 Å². The van der Waals surface area contributed by atoms with Crippen molar-refractivity contribution < 1.29 is 19.0 Å². The van der Waals surface area contributed by atoms with E-state index in [1.54, 1.807) is 48.8 Å². The van der Waals surface area contributed by atoms with Crippen LogP contribution in [0.15, 0.2) is 128 Å². The number of hydrogen-bond donors (Lipinski definition) is 2. The molecule has 0 aliphatic carbocycles. The molecule has 7 rings (SSSR count). The zero-order valence-corrected chi connectivity index (χ0v) is 22.0. The van der Waals surface area contributed by atoms with Gasteiger partial charge in [-0.1, -0.05) is 48.5 Å². The molecule has 0 amide bonds. The van der Waals surface area contributed by atoms with Crippen molar-refractivity contribution in [3.8, 4) is 34.4 Å². The van der Waals surface area contributed by atoms with E-state index in [1.807, 2.05) is 72.8 Å². The fourth-order valence-corrected chi connectivity index (χ4v) is 4.50. The lowest BCUT2D eigenvalue weighted by molar-refractivity contribution is 0.473. The van der Waals surface area contributed by atoms with Gasteiger partial charge in [0, 0.05) is 24.6 Å². The topological polar surface area (TPSA) is 117 Å². The Balaban J connectivity index is 1.02. The summed E-state index contributed by atoms with van der Waals surface area (Å²) in [4.78, 5) is 17.9. The number of phenols is 2. The predicted molar refractivity (Wildman–Crippen MR) is 163 cm³/mol. The number of oxazole rings is 2. The van der Waals surface area contributed by atoms with E-state index in [0.717, 1.165) is 22.2 Å². The van der Waals surface area contributed by atoms with Crippen LogP contribution in [0.3, 0.4) is 0 Å². The Bertz CT molecular complexity index is 1910. The van der Waals surface area contributed by atoms with Crippen LogP contribution >= 0.6 is 0 Å². The molecular weight excluding hydrogens is 528 g/mol. The molecule has 8 nitrogen and oxygen atoms in total. The third-order valence-corrected chi connectivity index (χ3v) is 6.67. The first kappa shape index (κ1) is 25.0. The number of phenolic OH excluding ortho intramolecular Hbond substituents is 2. The van der Waals surface area contributed by atoms with Gasteiger partial charge in [0.05, 0.1) is 22.5 Å².